The Hall–Kier alpha value is -2.49. The molecule has 0 radical (unpaired) electrons. The van der Waals surface area contributed by atoms with Crippen LogP contribution in [0.4, 0.5) is 13.2 Å². The second kappa shape index (κ2) is 4.81. The van der Waals surface area contributed by atoms with E-state index in [0.717, 1.165) is 16.9 Å². The second-order valence-corrected chi connectivity index (χ2v) is 4.16. The van der Waals surface area contributed by atoms with Gasteiger partial charge >= 0.3 is 6.18 Å². The van der Waals surface area contributed by atoms with E-state index in [1.165, 1.54) is 17.1 Å². The molecule has 3 rings (SSSR count). The maximum absolute atomic E-state index is 12.5. The predicted molar refractivity (Wildman–Crippen MR) is 64.1 cm³/mol. The van der Waals surface area contributed by atoms with Gasteiger partial charge in [0.1, 0.15) is 6.33 Å². The molecule has 3 heterocycles. The first-order valence-electron chi connectivity index (χ1n) is 5.46. The minimum absolute atomic E-state index is 0.117. The topological polar surface area (TPSA) is 74.3 Å². The number of hydrogen-bond donors (Lipinski definition) is 0. The van der Waals surface area contributed by atoms with Crippen molar-refractivity contribution in [3.63, 3.8) is 0 Å². The summed E-state index contributed by atoms with van der Waals surface area (Å²) in [5, 5.41) is 3.20. The number of imidazole rings is 1. The van der Waals surface area contributed by atoms with Gasteiger partial charge in [-0.2, -0.15) is 33.2 Å². The first-order chi connectivity index (χ1) is 9.93. The zero-order chi connectivity index (χ0) is 15.0. The standard InChI is InChI=1S/C10H5ClF3N7/c11-7-16-8(20-4-2-15-5-20)18-9(17-7)21-3-1-6(19-21)10(12,13)14/h1-5H. The maximum Gasteiger partial charge on any atom is 0.435 e. The van der Waals surface area contributed by atoms with E-state index in [2.05, 4.69) is 25.0 Å². The van der Waals surface area contributed by atoms with Crippen molar-refractivity contribution in [2.75, 3.05) is 0 Å². The van der Waals surface area contributed by atoms with Crippen LogP contribution in [0.2, 0.25) is 5.28 Å². The summed E-state index contributed by atoms with van der Waals surface area (Å²) in [6, 6.07) is 0.814. The molecule has 0 bridgehead atoms. The van der Waals surface area contributed by atoms with Crippen LogP contribution < -0.4 is 0 Å². The van der Waals surface area contributed by atoms with Crippen LogP contribution in [0.3, 0.4) is 0 Å². The van der Waals surface area contributed by atoms with Gasteiger partial charge < -0.3 is 0 Å². The lowest BCUT2D eigenvalue weighted by Crippen LogP contribution is -2.11. The highest BCUT2D eigenvalue weighted by molar-refractivity contribution is 6.28. The maximum atomic E-state index is 12.5. The molecule has 0 atom stereocenters. The third kappa shape index (κ3) is 2.70. The number of nitrogens with zero attached hydrogens (tertiary/aromatic N) is 7. The predicted octanol–water partition coefficient (Wildman–Crippen LogP) is 1.92. The summed E-state index contributed by atoms with van der Waals surface area (Å²) >= 11 is 5.75. The van der Waals surface area contributed by atoms with Crippen LogP contribution in [-0.4, -0.2) is 34.3 Å². The zero-order valence-corrected chi connectivity index (χ0v) is 10.8. The highest BCUT2D eigenvalue weighted by Crippen LogP contribution is 2.27. The minimum atomic E-state index is -4.55. The van der Waals surface area contributed by atoms with Crippen molar-refractivity contribution >= 4 is 11.6 Å². The second-order valence-electron chi connectivity index (χ2n) is 3.82. The Kier molecular flexibility index (Phi) is 3.09. The van der Waals surface area contributed by atoms with Gasteiger partial charge in [0.2, 0.25) is 11.2 Å². The van der Waals surface area contributed by atoms with Crippen molar-refractivity contribution in [2.24, 2.45) is 0 Å². The van der Waals surface area contributed by atoms with Gasteiger partial charge in [0.25, 0.3) is 5.95 Å². The Labute approximate surface area is 120 Å². The molecule has 0 saturated heterocycles. The van der Waals surface area contributed by atoms with E-state index >= 15 is 0 Å². The van der Waals surface area contributed by atoms with Crippen molar-refractivity contribution < 1.29 is 13.2 Å². The molecule has 0 aliphatic carbocycles. The average molecular weight is 316 g/mol. The van der Waals surface area contributed by atoms with Crippen LogP contribution in [0.25, 0.3) is 11.9 Å². The molecule has 0 amide bonds. The zero-order valence-electron chi connectivity index (χ0n) is 10.0. The smallest absolute Gasteiger partial charge is 0.274 e. The fraction of sp³-hybridized carbons (Fsp3) is 0.100. The minimum Gasteiger partial charge on any atom is -0.274 e. The summed E-state index contributed by atoms with van der Waals surface area (Å²) in [4.78, 5) is 15.4. The molecule has 21 heavy (non-hydrogen) atoms. The lowest BCUT2D eigenvalue weighted by molar-refractivity contribution is -0.141. The fourth-order valence-corrected chi connectivity index (χ4v) is 1.66. The van der Waals surface area contributed by atoms with E-state index in [4.69, 9.17) is 11.6 Å². The van der Waals surface area contributed by atoms with Crippen molar-refractivity contribution in [3.8, 4) is 11.9 Å². The molecular formula is C10H5ClF3N7. The summed E-state index contributed by atoms with van der Waals surface area (Å²) in [6.45, 7) is 0. The Morgan fingerprint density at radius 2 is 1.81 bits per heavy atom. The van der Waals surface area contributed by atoms with Gasteiger partial charge in [-0.05, 0) is 17.7 Å². The Balaban J connectivity index is 2.05. The highest BCUT2D eigenvalue weighted by atomic mass is 35.5. The molecule has 3 aromatic rings. The molecule has 0 aliphatic heterocycles. The molecule has 0 unspecified atom stereocenters. The average Bonchev–Trinajstić information content (AvgIpc) is 3.09. The molecule has 7 nitrogen and oxygen atoms in total. The Bertz CT molecular complexity index is 765. The van der Waals surface area contributed by atoms with E-state index in [1.807, 2.05) is 0 Å². The number of aromatic nitrogens is 7. The van der Waals surface area contributed by atoms with Crippen LogP contribution in [-0.2, 0) is 6.18 Å². The summed E-state index contributed by atoms with van der Waals surface area (Å²) in [5.74, 6) is -0.0132. The van der Waals surface area contributed by atoms with Crippen LogP contribution in [0.1, 0.15) is 5.69 Å². The van der Waals surface area contributed by atoms with E-state index in [-0.39, 0.29) is 17.2 Å². The summed E-state index contributed by atoms with van der Waals surface area (Å²) < 4.78 is 39.9. The summed E-state index contributed by atoms with van der Waals surface area (Å²) in [6.07, 6.45) is 1.01. The van der Waals surface area contributed by atoms with E-state index in [9.17, 15) is 13.2 Å². The summed E-state index contributed by atoms with van der Waals surface area (Å²) in [7, 11) is 0. The molecule has 3 aromatic heterocycles. The molecule has 0 fully saturated rings. The first-order valence-corrected chi connectivity index (χ1v) is 5.84. The van der Waals surface area contributed by atoms with Crippen LogP contribution in [0.15, 0.2) is 31.0 Å². The number of halogens is 4. The quantitative estimate of drug-likeness (QED) is 0.722. The van der Waals surface area contributed by atoms with E-state index in [0.29, 0.717) is 0 Å². The first kappa shape index (κ1) is 13.5. The van der Waals surface area contributed by atoms with Crippen molar-refractivity contribution in [1.29, 1.82) is 0 Å². The SMILES string of the molecule is FC(F)(F)c1ccn(-c2nc(Cl)nc(-n3ccnc3)n2)n1. The lowest BCUT2D eigenvalue weighted by Gasteiger charge is -2.04. The highest BCUT2D eigenvalue weighted by Gasteiger charge is 2.33. The van der Waals surface area contributed by atoms with E-state index < -0.39 is 11.9 Å². The number of alkyl halides is 3. The Morgan fingerprint density at radius 1 is 1.05 bits per heavy atom. The molecule has 0 saturated carbocycles. The molecule has 108 valence electrons. The molecule has 0 aromatic carbocycles. The van der Waals surface area contributed by atoms with Gasteiger partial charge in [-0.25, -0.2) is 9.67 Å². The van der Waals surface area contributed by atoms with E-state index in [1.54, 1.807) is 6.20 Å². The monoisotopic (exact) mass is 315 g/mol. The van der Waals surface area contributed by atoms with Crippen molar-refractivity contribution in [2.45, 2.75) is 6.18 Å². The third-order valence-electron chi connectivity index (χ3n) is 2.40. The van der Waals surface area contributed by atoms with Gasteiger partial charge in [-0.15, -0.1) is 0 Å². The van der Waals surface area contributed by atoms with Gasteiger partial charge in [-0.1, -0.05) is 0 Å². The largest absolute Gasteiger partial charge is 0.435 e. The van der Waals surface area contributed by atoms with Crippen LogP contribution in [0.5, 0.6) is 0 Å². The number of rotatable bonds is 2. The van der Waals surface area contributed by atoms with Crippen LogP contribution in [0, 0.1) is 0 Å². The third-order valence-corrected chi connectivity index (χ3v) is 2.57. The summed E-state index contributed by atoms with van der Waals surface area (Å²) in [5.41, 5.74) is -1.05. The van der Waals surface area contributed by atoms with Gasteiger partial charge in [0, 0.05) is 18.6 Å². The molecule has 0 N–H and O–H groups in total. The molecule has 0 spiro atoms. The van der Waals surface area contributed by atoms with Gasteiger partial charge in [0.15, 0.2) is 5.69 Å². The fourth-order valence-electron chi connectivity index (χ4n) is 1.51. The van der Waals surface area contributed by atoms with Gasteiger partial charge in [-0.3, -0.25) is 4.57 Å². The number of hydrogen-bond acceptors (Lipinski definition) is 5. The van der Waals surface area contributed by atoms with Crippen LogP contribution >= 0.6 is 11.6 Å². The van der Waals surface area contributed by atoms with Crippen molar-refractivity contribution in [3.05, 3.63) is 42.0 Å². The van der Waals surface area contributed by atoms with Crippen molar-refractivity contribution in [1.82, 2.24) is 34.3 Å². The normalized spacial score (nSPS) is 11.8. The Morgan fingerprint density at radius 3 is 2.43 bits per heavy atom. The lowest BCUT2D eigenvalue weighted by atomic mass is 10.4. The molecule has 11 heteroatoms. The van der Waals surface area contributed by atoms with Gasteiger partial charge in [0.05, 0.1) is 0 Å². The molecule has 0 aliphatic rings. The molecular weight excluding hydrogens is 311 g/mol.